The van der Waals surface area contributed by atoms with E-state index in [0.717, 1.165) is 0 Å². The zero-order chi connectivity index (χ0) is 19.6. The molecule has 140 valence electrons. The van der Waals surface area contributed by atoms with Crippen LogP contribution in [0.2, 0.25) is 15.1 Å². The third-order valence-corrected chi connectivity index (χ3v) is 4.33. The number of halogens is 3. The Morgan fingerprint density at radius 2 is 1.69 bits per heavy atom. The van der Waals surface area contributed by atoms with Crippen LogP contribution in [0.25, 0.3) is 0 Å². The molecule has 9 heteroatoms. The Kier molecular flexibility index (Phi) is 6.44. The summed E-state index contributed by atoms with van der Waals surface area (Å²) in [4.78, 5) is 27.6. The normalized spacial score (nSPS) is 10.8. The van der Waals surface area contributed by atoms with Crippen LogP contribution in [0.15, 0.2) is 12.1 Å². The van der Waals surface area contributed by atoms with Crippen LogP contribution in [0.5, 0.6) is 0 Å². The van der Waals surface area contributed by atoms with E-state index in [9.17, 15) is 9.59 Å². The number of benzene rings is 1. The Hall–Kier alpha value is -1.89. The van der Waals surface area contributed by atoms with Crippen molar-refractivity contribution < 1.29 is 14.3 Å². The summed E-state index contributed by atoms with van der Waals surface area (Å²) in [5, 5.41) is 0.882. The Bertz CT molecular complexity index is 839. The zero-order valence-electron chi connectivity index (χ0n) is 14.6. The Balaban J connectivity index is 2.20. The molecule has 0 fully saturated rings. The van der Waals surface area contributed by atoms with E-state index in [1.807, 2.05) is 0 Å². The van der Waals surface area contributed by atoms with Crippen LogP contribution in [0, 0.1) is 13.8 Å². The molecule has 1 heterocycles. The summed E-state index contributed by atoms with van der Waals surface area (Å²) in [5.74, 6) is -0.974. The van der Waals surface area contributed by atoms with Crippen molar-refractivity contribution in [1.82, 2.24) is 10.4 Å². The smallest absolute Gasteiger partial charge is 0.340 e. The second kappa shape index (κ2) is 8.20. The fraction of sp³-hybridized carbons (Fsp3) is 0.294. The van der Waals surface area contributed by atoms with Crippen LogP contribution < -0.4 is 10.9 Å². The minimum absolute atomic E-state index is 0.229. The topological polar surface area (TPSA) is 83.2 Å². The van der Waals surface area contributed by atoms with E-state index in [1.165, 1.54) is 12.1 Å². The van der Waals surface area contributed by atoms with Crippen LogP contribution in [0.3, 0.4) is 0 Å². The highest BCUT2D eigenvalue weighted by molar-refractivity contribution is 6.41. The van der Waals surface area contributed by atoms with Crippen molar-refractivity contribution in [3.05, 3.63) is 49.7 Å². The van der Waals surface area contributed by atoms with Crippen molar-refractivity contribution in [3.8, 4) is 0 Å². The first-order valence-corrected chi connectivity index (χ1v) is 8.86. The van der Waals surface area contributed by atoms with Crippen LogP contribution in [-0.2, 0) is 4.74 Å². The number of aryl methyl sites for hydroxylation is 1. The number of anilines is 1. The van der Waals surface area contributed by atoms with Gasteiger partial charge in [0, 0.05) is 10.7 Å². The molecule has 1 amide bonds. The lowest BCUT2D eigenvalue weighted by atomic mass is 10.1. The summed E-state index contributed by atoms with van der Waals surface area (Å²) in [6.07, 6.45) is -0.260. The van der Waals surface area contributed by atoms with Crippen molar-refractivity contribution in [2.45, 2.75) is 33.8 Å². The van der Waals surface area contributed by atoms with Crippen LogP contribution >= 0.6 is 34.8 Å². The summed E-state index contributed by atoms with van der Waals surface area (Å²) >= 11 is 18.0. The number of hydrogen-bond acceptors (Lipinski definition) is 4. The molecule has 1 aromatic carbocycles. The lowest BCUT2D eigenvalue weighted by Crippen LogP contribution is -2.30. The first-order chi connectivity index (χ1) is 12.1. The van der Waals surface area contributed by atoms with Gasteiger partial charge in [0.05, 0.1) is 27.4 Å². The van der Waals surface area contributed by atoms with Crippen LogP contribution in [-0.4, -0.2) is 23.0 Å². The van der Waals surface area contributed by atoms with E-state index < -0.39 is 11.9 Å². The number of aromatic nitrogens is 1. The van der Waals surface area contributed by atoms with Gasteiger partial charge in [0.1, 0.15) is 5.69 Å². The van der Waals surface area contributed by atoms with E-state index in [0.29, 0.717) is 27.5 Å². The third-order valence-electron chi connectivity index (χ3n) is 3.52. The lowest BCUT2D eigenvalue weighted by Gasteiger charge is -2.12. The van der Waals surface area contributed by atoms with Crippen molar-refractivity contribution in [2.75, 3.05) is 5.43 Å². The van der Waals surface area contributed by atoms with Gasteiger partial charge in [-0.1, -0.05) is 34.8 Å². The molecule has 0 radical (unpaired) electrons. The molecule has 26 heavy (non-hydrogen) atoms. The molecular formula is C17H18Cl3N3O3. The maximum absolute atomic E-state index is 12.5. The summed E-state index contributed by atoms with van der Waals surface area (Å²) in [6, 6.07) is 2.99. The predicted octanol–water partition coefficient (Wildman–Crippen LogP) is 4.91. The standard InChI is InChI=1S/C17H18Cl3N3O3/c1-7(2)26-17(25)13-8(3)14(21-9(13)4)16(24)23-22-15-11(19)5-10(18)6-12(15)20/h5-7,21-22H,1-4H3,(H,23,24). The molecule has 2 aromatic rings. The average Bonchev–Trinajstić information content (AvgIpc) is 2.80. The molecule has 0 saturated heterocycles. The molecule has 0 aliphatic heterocycles. The van der Waals surface area contributed by atoms with E-state index in [2.05, 4.69) is 15.8 Å². The number of hydrazine groups is 1. The minimum Gasteiger partial charge on any atom is -0.459 e. The Morgan fingerprint density at radius 1 is 1.12 bits per heavy atom. The maximum atomic E-state index is 12.5. The van der Waals surface area contributed by atoms with Gasteiger partial charge in [-0.25, -0.2) is 4.79 Å². The first-order valence-electron chi connectivity index (χ1n) is 7.72. The first kappa shape index (κ1) is 20.4. The van der Waals surface area contributed by atoms with Gasteiger partial charge in [0.15, 0.2) is 0 Å². The van der Waals surface area contributed by atoms with Crippen LogP contribution in [0.4, 0.5) is 5.69 Å². The highest BCUT2D eigenvalue weighted by Gasteiger charge is 2.23. The van der Waals surface area contributed by atoms with Crippen molar-refractivity contribution in [1.29, 1.82) is 0 Å². The predicted molar refractivity (Wildman–Crippen MR) is 103 cm³/mol. The highest BCUT2D eigenvalue weighted by atomic mass is 35.5. The summed E-state index contributed by atoms with van der Waals surface area (Å²) < 4.78 is 5.21. The molecule has 0 bridgehead atoms. The lowest BCUT2D eigenvalue weighted by molar-refractivity contribution is 0.0376. The number of H-pyrrole nitrogens is 1. The average molecular weight is 419 g/mol. The number of hydrogen-bond donors (Lipinski definition) is 3. The van der Waals surface area contributed by atoms with Gasteiger partial charge in [0.2, 0.25) is 0 Å². The van der Waals surface area contributed by atoms with E-state index in [1.54, 1.807) is 27.7 Å². The number of carbonyl (C=O) groups excluding carboxylic acids is 2. The molecule has 1 aromatic heterocycles. The number of aromatic amines is 1. The number of nitrogens with one attached hydrogen (secondary N) is 3. The van der Waals surface area contributed by atoms with Gasteiger partial charge in [-0.05, 0) is 45.4 Å². The molecule has 6 nitrogen and oxygen atoms in total. The largest absolute Gasteiger partial charge is 0.459 e. The summed E-state index contributed by atoms with van der Waals surface area (Å²) in [7, 11) is 0. The number of rotatable bonds is 5. The molecule has 3 N–H and O–H groups in total. The monoisotopic (exact) mass is 417 g/mol. The number of ether oxygens (including phenoxy) is 1. The van der Waals surface area contributed by atoms with Gasteiger partial charge in [-0.2, -0.15) is 0 Å². The van der Waals surface area contributed by atoms with Gasteiger partial charge in [0.25, 0.3) is 5.91 Å². The fourth-order valence-electron chi connectivity index (χ4n) is 2.40. The molecular weight excluding hydrogens is 401 g/mol. The van der Waals surface area contributed by atoms with Crippen molar-refractivity contribution >= 4 is 52.4 Å². The highest BCUT2D eigenvalue weighted by Crippen LogP contribution is 2.33. The Labute approximate surface area is 166 Å². The van der Waals surface area contributed by atoms with Crippen molar-refractivity contribution in [3.63, 3.8) is 0 Å². The quantitative estimate of drug-likeness (QED) is 0.476. The number of carbonyl (C=O) groups is 2. The molecule has 0 unspecified atom stereocenters. The SMILES string of the molecule is Cc1[nH]c(C(=O)NNc2c(Cl)cc(Cl)cc2Cl)c(C)c1C(=O)OC(C)C. The maximum Gasteiger partial charge on any atom is 0.340 e. The zero-order valence-corrected chi connectivity index (χ0v) is 16.9. The third kappa shape index (κ3) is 4.44. The van der Waals surface area contributed by atoms with Gasteiger partial charge in [-0.15, -0.1) is 0 Å². The number of amides is 1. The molecule has 0 spiro atoms. The van der Waals surface area contributed by atoms with Crippen molar-refractivity contribution in [2.24, 2.45) is 0 Å². The molecule has 0 aliphatic rings. The van der Waals surface area contributed by atoms with Gasteiger partial charge < -0.3 is 9.72 Å². The fourth-order valence-corrected chi connectivity index (χ4v) is 3.31. The second-order valence-corrected chi connectivity index (χ2v) is 7.15. The number of esters is 1. The molecule has 2 rings (SSSR count). The second-order valence-electron chi connectivity index (χ2n) is 5.90. The summed E-state index contributed by atoms with van der Waals surface area (Å²) in [5.41, 5.74) is 7.07. The van der Waals surface area contributed by atoms with E-state index >= 15 is 0 Å². The van der Waals surface area contributed by atoms with Crippen LogP contribution in [0.1, 0.15) is 46.0 Å². The van der Waals surface area contributed by atoms with E-state index in [-0.39, 0.29) is 21.8 Å². The Morgan fingerprint density at radius 3 is 2.23 bits per heavy atom. The minimum atomic E-state index is -0.490. The molecule has 0 aliphatic carbocycles. The molecule has 0 atom stereocenters. The van der Waals surface area contributed by atoms with Gasteiger partial charge in [-0.3, -0.25) is 15.6 Å². The summed E-state index contributed by atoms with van der Waals surface area (Å²) in [6.45, 7) is 6.87. The van der Waals surface area contributed by atoms with Gasteiger partial charge >= 0.3 is 5.97 Å². The van der Waals surface area contributed by atoms with E-state index in [4.69, 9.17) is 39.5 Å². The molecule has 0 saturated carbocycles.